The second-order valence-electron chi connectivity index (χ2n) is 2.79. The Kier molecular flexibility index (Phi) is 3.43. The van der Waals surface area contributed by atoms with Crippen LogP contribution in [0.4, 0.5) is 0 Å². The maximum atomic E-state index is 10.4. The normalized spacial score (nSPS) is 12.4. The molecule has 1 aromatic heterocycles. The number of carbonyl (C=O) groups is 1. The molecule has 14 heavy (non-hydrogen) atoms. The van der Waals surface area contributed by atoms with Gasteiger partial charge in [0.05, 0.1) is 0 Å². The SMILES string of the molecule is NC(Cc1cc(O)cc(Br)n1)C(=O)O. The molecule has 0 aliphatic carbocycles. The number of aromatic nitrogens is 1. The summed E-state index contributed by atoms with van der Waals surface area (Å²) in [5.41, 5.74) is 5.75. The summed E-state index contributed by atoms with van der Waals surface area (Å²) in [6.07, 6.45) is 0.0856. The van der Waals surface area contributed by atoms with E-state index in [1.54, 1.807) is 0 Å². The number of carboxylic acids is 1. The van der Waals surface area contributed by atoms with E-state index in [2.05, 4.69) is 20.9 Å². The zero-order valence-electron chi connectivity index (χ0n) is 7.14. The zero-order valence-corrected chi connectivity index (χ0v) is 8.73. The van der Waals surface area contributed by atoms with E-state index in [0.717, 1.165) is 0 Å². The summed E-state index contributed by atoms with van der Waals surface area (Å²) in [7, 11) is 0. The summed E-state index contributed by atoms with van der Waals surface area (Å²) in [4.78, 5) is 14.4. The lowest BCUT2D eigenvalue weighted by Crippen LogP contribution is -2.32. The van der Waals surface area contributed by atoms with Crippen LogP contribution in [0.15, 0.2) is 16.7 Å². The molecule has 0 saturated carbocycles. The van der Waals surface area contributed by atoms with Crippen molar-refractivity contribution in [2.75, 3.05) is 0 Å². The molecule has 0 bridgehead atoms. The van der Waals surface area contributed by atoms with Crippen LogP contribution in [0.5, 0.6) is 5.75 Å². The van der Waals surface area contributed by atoms with E-state index >= 15 is 0 Å². The van der Waals surface area contributed by atoms with Crippen LogP contribution in [-0.4, -0.2) is 27.2 Å². The van der Waals surface area contributed by atoms with Gasteiger partial charge in [-0.25, -0.2) is 4.98 Å². The van der Waals surface area contributed by atoms with Gasteiger partial charge in [0.15, 0.2) is 0 Å². The average molecular weight is 261 g/mol. The molecular formula is C8H9BrN2O3. The number of hydrogen-bond acceptors (Lipinski definition) is 4. The van der Waals surface area contributed by atoms with Crippen LogP contribution in [0.25, 0.3) is 0 Å². The standard InChI is InChI=1S/C8H9BrN2O3/c9-7-3-5(12)1-4(11-7)2-6(10)8(13)14/h1,3,6H,2,10H2,(H,11,12)(H,13,14). The molecule has 0 amide bonds. The highest BCUT2D eigenvalue weighted by atomic mass is 79.9. The minimum atomic E-state index is -1.09. The molecule has 1 unspecified atom stereocenters. The minimum Gasteiger partial charge on any atom is -0.508 e. The molecule has 0 radical (unpaired) electrons. The van der Waals surface area contributed by atoms with Gasteiger partial charge in [-0.3, -0.25) is 4.79 Å². The molecule has 0 aliphatic rings. The van der Waals surface area contributed by atoms with Crippen LogP contribution in [0.3, 0.4) is 0 Å². The molecule has 0 spiro atoms. The van der Waals surface area contributed by atoms with E-state index in [0.29, 0.717) is 10.3 Å². The topological polar surface area (TPSA) is 96.4 Å². The van der Waals surface area contributed by atoms with Crippen LogP contribution in [0.1, 0.15) is 5.69 Å². The van der Waals surface area contributed by atoms with Crippen LogP contribution >= 0.6 is 15.9 Å². The van der Waals surface area contributed by atoms with E-state index in [4.69, 9.17) is 10.8 Å². The van der Waals surface area contributed by atoms with Crippen molar-refractivity contribution in [1.82, 2.24) is 4.98 Å². The van der Waals surface area contributed by atoms with Gasteiger partial charge in [-0.15, -0.1) is 0 Å². The van der Waals surface area contributed by atoms with Gasteiger partial charge in [-0.1, -0.05) is 0 Å². The van der Waals surface area contributed by atoms with E-state index < -0.39 is 12.0 Å². The van der Waals surface area contributed by atoms with E-state index in [1.165, 1.54) is 12.1 Å². The number of nitrogens with two attached hydrogens (primary N) is 1. The van der Waals surface area contributed by atoms with Crippen molar-refractivity contribution in [3.8, 4) is 5.75 Å². The monoisotopic (exact) mass is 260 g/mol. The van der Waals surface area contributed by atoms with Gasteiger partial charge in [-0.2, -0.15) is 0 Å². The van der Waals surface area contributed by atoms with E-state index in [1.807, 2.05) is 0 Å². The first-order valence-corrected chi connectivity index (χ1v) is 4.62. The lowest BCUT2D eigenvalue weighted by Gasteiger charge is -2.06. The van der Waals surface area contributed by atoms with Gasteiger partial charge < -0.3 is 15.9 Å². The molecule has 0 aliphatic heterocycles. The lowest BCUT2D eigenvalue weighted by atomic mass is 10.1. The van der Waals surface area contributed by atoms with Crippen molar-refractivity contribution < 1.29 is 15.0 Å². The first kappa shape index (κ1) is 10.9. The molecule has 1 aromatic rings. The maximum Gasteiger partial charge on any atom is 0.320 e. The number of aliphatic carboxylic acids is 1. The fourth-order valence-corrected chi connectivity index (χ4v) is 1.42. The quantitative estimate of drug-likeness (QED) is 0.688. The molecule has 1 atom stereocenters. The Labute approximate surface area is 88.7 Å². The number of pyridine rings is 1. The molecule has 0 aromatic carbocycles. The van der Waals surface area contributed by atoms with Gasteiger partial charge in [0.1, 0.15) is 16.4 Å². The number of halogens is 1. The molecule has 76 valence electrons. The fraction of sp³-hybridized carbons (Fsp3) is 0.250. The van der Waals surface area contributed by atoms with Crippen LogP contribution in [-0.2, 0) is 11.2 Å². The molecule has 1 heterocycles. The fourth-order valence-electron chi connectivity index (χ4n) is 0.953. The molecular weight excluding hydrogens is 252 g/mol. The first-order chi connectivity index (χ1) is 6.49. The molecule has 4 N–H and O–H groups in total. The van der Waals surface area contributed by atoms with Crippen molar-refractivity contribution in [2.24, 2.45) is 5.73 Å². The second kappa shape index (κ2) is 4.39. The largest absolute Gasteiger partial charge is 0.508 e. The predicted molar refractivity (Wildman–Crippen MR) is 52.9 cm³/mol. The number of rotatable bonds is 3. The average Bonchev–Trinajstić information content (AvgIpc) is 2.01. The highest BCUT2D eigenvalue weighted by Gasteiger charge is 2.13. The molecule has 6 heteroatoms. The Morgan fingerprint density at radius 3 is 2.79 bits per heavy atom. The molecule has 1 rings (SSSR count). The van der Waals surface area contributed by atoms with Crippen molar-refractivity contribution >= 4 is 21.9 Å². The minimum absolute atomic E-state index is 0.0273. The van der Waals surface area contributed by atoms with Crippen molar-refractivity contribution in [3.05, 3.63) is 22.4 Å². The van der Waals surface area contributed by atoms with Gasteiger partial charge in [0.2, 0.25) is 0 Å². The van der Waals surface area contributed by atoms with Crippen LogP contribution in [0.2, 0.25) is 0 Å². The summed E-state index contributed by atoms with van der Waals surface area (Å²) in [5, 5.41) is 17.7. The second-order valence-corrected chi connectivity index (χ2v) is 3.60. The molecule has 0 saturated heterocycles. The molecule has 0 fully saturated rings. The van der Waals surface area contributed by atoms with Crippen molar-refractivity contribution in [1.29, 1.82) is 0 Å². The number of nitrogens with zero attached hydrogens (tertiary/aromatic N) is 1. The maximum absolute atomic E-state index is 10.4. The van der Waals surface area contributed by atoms with Gasteiger partial charge in [0.25, 0.3) is 0 Å². The van der Waals surface area contributed by atoms with Crippen LogP contribution < -0.4 is 5.73 Å². The zero-order chi connectivity index (χ0) is 10.7. The number of aromatic hydroxyl groups is 1. The van der Waals surface area contributed by atoms with E-state index in [-0.39, 0.29) is 12.2 Å². The van der Waals surface area contributed by atoms with Gasteiger partial charge in [0, 0.05) is 24.2 Å². The summed E-state index contributed by atoms with van der Waals surface area (Å²) in [6, 6.07) is 1.79. The number of carboxylic acid groups (broad SMARTS) is 1. The van der Waals surface area contributed by atoms with Crippen molar-refractivity contribution in [3.63, 3.8) is 0 Å². The third kappa shape index (κ3) is 2.97. The summed E-state index contributed by atoms with van der Waals surface area (Å²) in [6.45, 7) is 0. The summed E-state index contributed by atoms with van der Waals surface area (Å²) < 4.78 is 0.449. The van der Waals surface area contributed by atoms with E-state index in [9.17, 15) is 9.90 Å². The highest BCUT2D eigenvalue weighted by Crippen LogP contribution is 2.17. The Morgan fingerprint density at radius 2 is 2.29 bits per heavy atom. The first-order valence-electron chi connectivity index (χ1n) is 3.83. The van der Waals surface area contributed by atoms with Crippen LogP contribution in [0, 0.1) is 0 Å². The number of hydrogen-bond donors (Lipinski definition) is 3. The Morgan fingerprint density at radius 1 is 1.64 bits per heavy atom. The van der Waals surface area contributed by atoms with Gasteiger partial charge in [-0.05, 0) is 15.9 Å². The third-order valence-electron chi connectivity index (χ3n) is 1.58. The Hall–Kier alpha value is -1.14. The predicted octanol–water partition coefficient (Wildman–Crippen LogP) is 0.504. The van der Waals surface area contributed by atoms with Gasteiger partial charge >= 0.3 is 5.97 Å². The molecule has 5 nitrogen and oxygen atoms in total. The Balaban J connectivity index is 2.81. The van der Waals surface area contributed by atoms with Crippen molar-refractivity contribution in [2.45, 2.75) is 12.5 Å². The summed E-state index contributed by atoms with van der Waals surface area (Å²) >= 11 is 3.08. The smallest absolute Gasteiger partial charge is 0.320 e. The Bertz CT molecular complexity index is 336. The lowest BCUT2D eigenvalue weighted by molar-refractivity contribution is -0.138. The highest BCUT2D eigenvalue weighted by molar-refractivity contribution is 9.10. The summed E-state index contributed by atoms with van der Waals surface area (Å²) in [5.74, 6) is -1.06. The third-order valence-corrected chi connectivity index (χ3v) is 1.98.